The van der Waals surface area contributed by atoms with Crippen LogP contribution < -0.4 is 5.73 Å². The molecule has 1 aromatic carbocycles. The summed E-state index contributed by atoms with van der Waals surface area (Å²) in [6.07, 6.45) is 1.60. The molecule has 0 atom stereocenters. The van der Waals surface area contributed by atoms with E-state index in [0.717, 1.165) is 5.56 Å². The first-order chi connectivity index (χ1) is 8.29. The van der Waals surface area contributed by atoms with Crippen LogP contribution in [0.3, 0.4) is 0 Å². The van der Waals surface area contributed by atoms with Gasteiger partial charge in [0.25, 0.3) is 0 Å². The molecule has 0 fully saturated rings. The van der Waals surface area contributed by atoms with Gasteiger partial charge in [0, 0.05) is 17.7 Å². The molecule has 2 N–H and O–H groups in total. The van der Waals surface area contributed by atoms with Crippen LogP contribution >= 0.6 is 0 Å². The van der Waals surface area contributed by atoms with Crippen molar-refractivity contribution in [2.24, 2.45) is 5.73 Å². The van der Waals surface area contributed by atoms with Crippen molar-refractivity contribution < 1.29 is 13.5 Å². The molecule has 1 heterocycles. The van der Waals surface area contributed by atoms with E-state index in [0.29, 0.717) is 24.5 Å². The molecular weight excluding hydrogens is 221 g/mol. The summed E-state index contributed by atoms with van der Waals surface area (Å²) in [6.45, 7) is 0.983. The fraction of sp³-hybridized carbons (Fsp3) is 0.231. The Balaban J connectivity index is 1.85. The standard InChI is InChI=1S/C13H14FNO2/c14-13-4-2-1-3-11(13)8-16-9-12-5-10(6-15)7-17-12/h1-5,7H,6,8-9,15H2. The molecule has 0 aliphatic carbocycles. The van der Waals surface area contributed by atoms with Gasteiger partial charge in [-0.05, 0) is 12.1 Å². The average molecular weight is 235 g/mol. The Kier molecular flexibility index (Phi) is 3.90. The lowest BCUT2D eigenvalue weighted by Gasteiger charge is -2.03. The highest BCUT2D eigenvalue weighted by molar-refractivity contribution is 5.16. The first-order valence-electron chi connectivity index (χ1n) is 5.37. The van der Waals surface area contributed by atoms with Crippen molar-refractivity contribution in [2.45, 2.75) is 19.8 Å². The highest BCUT2D eigenvalue weighted by Crippen LogP contribution is 2.11. The van der Waals surface area contributed by atoms with E-state index in [4.69, 9.17) is 14.9 Å². The van der Waals surface area contributed by atoms with Crippen LogP contribution in [0.15, 0.2) is 41.0 Å². The lowest BCUT2D eigenvalue weighted by molar-refractivity contribution is 0.0909. The van der Waals surface area contributed by atoms with E-state index < -0.39 is 0 Å². The van der Waals surface area contributed by atoms with Crippen LogP contribution in [0, 0.1) is 5.82 Å². The average Bonchev–Trinajstić information content (AvgIpc) is 2.80. The molecule has 0 aliphatic heterocycles. The molecule has 0 radical (unpaired) electrons. The third-order valence-electron chi connectivity index (χ3n) is 2.40. The minimum absolute atomic E-state index is 0.228. The second kappa shape index (κ2) is 5.61. The SMILES string of the molecule is NCc1coc(COCc2ccccc2F)c1. The molecule has 0 aliphatic rings. The van der Waals surface area contributed by atoms with E-state index in [1.807, 2.05) is 6.07 Å². The number of nitrogens with two attached hydrogens (primary N) is 1. The largest absolute Gasteiger partial charge is 0.467 e. The summed E-state index contributed by atoms with van der Waals surface area (Å²) < 4.78 is 23.8. The lowest BCUT2D eigenvalue weighted by Crippen LogP contribution is -1.96. The van der Waals surface area contributed by atoms with Crippen molar-refractivity contribution in [3.63, 3.8) is 0 Å². The van der Waals surface area contributed by atoms with Gasteiger partial charge >= 0.3 is 0 Å². The first-order valence-corrected chi connectivity index (χ1v) is 5.37. The van der Waals surface area contributed by atoms with E-state index in [-0.39, 0.29) is 12.4 Å². The predicted octanol–water partition coefficient (Wildman–Crippen LogP) is 2.59. The number of hydrogen-bond acceptors (Lipinski definition) is 3. The summed E-state index contributed by atoms with van der Waals surface area (Å²) >= 11 is 0. The van der Waals surface area contributed by atoms with Crippen LogP contribution in [-0.2, 0) is 24.5 Å². The van der Waals surface area contributed by atoms with Gasteiger partial charge < -0.3 is 14.9 Å². The van der Waals surface area contributed by atoms with Crippen LogP contribution in [0.5, 0.6) is 0 Å². The molecule has 1 aromatic heterocycles. The van der Waals surface area contributed by atoms with Gasteiger partial charge in [0.05, 0.1) is 12.9 Å². The summed E-state index contributed by atoms with van der Waals surface area (Å²) in [5, 5.41) is 0. The van der Waals surface area contributed by atoms with Gasteiger partial charge in [-0.25, -0.2) is 4.39 Å². The predicted molar refractivity (Wildman–Crippen MR) is 61.5 cm³/mol. The molecule has 0 saturated carbocycles. The summed E-state index contributed by atoms with van der Waals surface area (Å²) in [5.41, 5.74) is 6.92. The van der Waals surface area contributed by atoms with Crippen LogP contribution in [0.25, 0.3) is 0 Å². The van der Waals surface area contributed by atoms with Gasteiger partial charge in [0.1, 0.15) is 18.2 Å². The Bertz CT molecular complexity index is 482. The summed E-state index contributed by atoms with van der Waals surface area (Å²) in [5.74, 6) is 0.441. The Morgan fingerprint density at radius 1 is 1.24 bits per heavy atom. The lowest BCUT2D eigenvalue weighted by atomic mass is 10.2. The fourth-order valence-electron chi connectivity index (χ4n) is 1.49. The smallest absolute Gasteiger partial charge is 0.129 e. The van der Waals surface area contributed by atoms with Gasteiger partial charge in [0.15, 0.2) is 0 Å². The zero-order valence-electron chi connectivity index (χ0n) is 9.36. The maximum absolute atomic E-state index is 13.3. The highest BCUT2D eigenvalue weighted by Gasteiger charge is 2.03. The molecular formula is C13H14FNO2. The fourth-order valence-corrected chi connectivity index (χ4v) is 1.49. The third-order valence-corrected chi connectivity index (χ3v) is 2.40. The molecule has 2 aromatic rings. The molecule has 0 bridgehead atoms. The number of furan rings is 1. The zero-order valence-corrected chi connectivity index (χ0v) is 9.36. The Morgan fingerprint density at radius 2 is 2.06 bits per heavy atom. The number of ether oxygens (including phenoxy) is 1. The molecule has 4 heteroatoms. The number of halogens is 1. The van der Waals surface area contributed by atoms with E-state index in [1.165, 1.54) is 6.07 Å². The normalized spacial score (nSPS) is 10.7. The quantitative estimate of drug-likeness (QED) is 0.866. The van der Waals surface area contributed by atoms with Crippen molar-refractivity contribution in [1.29, 1.82) is 0 Å². The molecule has 0 unspecified atom stereocenters. The highest BCUT2D eigenvalue weighted by atomic mass is 19.1. The van der Waals surface area contributed by atoms with Gasteiger partial charge in [-0.1, -0.05) is 18.2 Å². The van der Waals surface area contributed by atoms with Crippen LogP contribution in [-0.4, -0.2) is 0 Å². The molecule has 17 heavy (non-hydrogen) atoms. The van der Waals surface area contributed by atoms with E-state index >= 15 is 0 Å². The van der Waals surface area contributed by atoms with Crippen molar-refractivity contribution in [2.75, 3.05) is 0 Å². The monoisotopic (exact) mass is 235 g/mol. The van der Waals surface area contributed by atoms with Crippen molar-refractivity contribution in [3.05, 3.63) is 59.3 Å². The Hall–Kier alpha value is -1.65. The molecule has 2 rings (SSSR count). The van der Waals surface area contributed by atoms with E-state index in [2.05, 4.69) is 0 Å². The minimum atomic E-state index is -0.255. The van der Waals surface area contributed by atoms with Crippen LogP contribution in [0.4, 0.5) is 4.39 Å². The molecule has 0 saturated heterocycles. The summed E-state index contributed by atoms with van der Waals surface area (Å²) in [4.78, 5) is 0. The number of benzene rings is 1. The van der Waals surface area contributed by atoms with Crippen molar-refractivity contribution in [3.8, 4) is 0 Å². The second-order valence-corrected chi connectivity index (χ2v) is 3.71. The minimum Gasteiger partial charge on any atom is -0.467 e. The van der Waals surface area contributed by atoms with E-state index in [1.54, 1.807) is 24.5 Å². The van der Waals surface area contributed by atoms with Gasteiger partial charge in [-0.15, -0.1) is 0 Å². The first kappa shape index (κ1) is 11.8. The molecule has 0 spiro atoms. The summed E-state index contributed by atoms with van der Waals surface area (Å²) in [6, 6.07) is 8.38. The molecule has 3 nitrogen and oxygen atoms in total. The van der Waals surface area contributed by atoms with Crippen molar-refractivity contribution in [1.82, 2.24) is 0 Å². The molecule has 90 valence electrons. The van der Waals surface area contributed by atoms with Gasteiger partial charge in [-0.2, -0.15) is 0 Å². The third kappa shape index (κ3) is 3.15. The zero-order chi connectivity index (χ0) is 12.1. The van der Waals surface area contributed by atoms with Crippen LogP contribution in [0.1, 0.15) is 16.9 Å². The maximum atomic E-state index is 13.3. The Morgan fingerprint density at radius 3 is 2.76 bits per heavy atom. The Labute approximate surface area is 99.0 Å². The van der Waals surface area contributed by atoms with Crippen LogP contribution in [0.2, 0.25) is 0 Å². The van der Waals surface area contributed by atoms with Gasteiger partial charge in [0.2, 0.25) is 0 Å². The number of rotatable bonds is 5. The topological polar surface area (TPSA) is 48.4 Å². The van der Waals surface area contributed by atoms with Crippen molar-refractivity contribution >= 4 is 0 Å². The van der Waals surface area contributed by atoms with Gasteiger partial charge in [-0.3, -0.25) is 0 Å². The number of hydrogen-bond donors (Lipinski definition) is 1. The summed E-state index contributed by atoms with van der Waals surface area (Å²) in [7, 11) is 0. The molecule has 0 amide bonds. The second-order valence-electron chi connectivity index (χ2n) is 3.71. The van der Waals surface area contributed by atoms with E-state index in [9.17, 15) is 4.39 Å². The maximum Gasteiger partial charge on any atom is 0.129 e.